The number of rotatable bonds is 2. The largest absolute Gasteiger partial charge is 0.366 e. The highest BCUT2D eigenvalue weighted by atomic mass is 16.5. The summed E-state index contributed by atoms with van der Waals surface area (Å²) in [5.41, 5.74) is 0.420. The summed E-state index contributed by atoms with van der Waals surface area (Å²) in [7, 11) is 0. The Labute approximate surface area is 69.3 Å². The molecule has 0 aromatic rings. The first-order chi connectivity index (χ1) is 5.17. The maximum absolute atomic E-state index is 5.23. The quantitative estimate of drug-likeness (QED) is 0.659. The molecule has 0 saturated carbocycles. The topological polar surface area (TPSA) is 21.3 Å². The van der Waals surface area contributed by atoms with Gasteiger partial charge in [0.25, 0.3) is 0 Å². The fraction of sp³-hybridized carbons (Fsp3) is 1.00. The van der Waals surface area contributed by atoms with Gasteiger partial charge in [-0.3, -0.25) is 5.32 Å². The Hall–Kier alpha value is -0.0800. The van der Waals surface area contributed by atoms with E-state index in [1.807, 2.05) is 0 Å². The zero-order chi connectivity index (χ0) is 8.32. The molecule has 11 heavy (non-hydrogen) atoms. The van der Waals surface area contributed by atoms with Crippen molar-refractivity contribution in [2.75, 3.05) is 13.3 Å². The van der Waals surface area contributed by atoms with Gasteiger partial charge in [-0.2, -0.15) is 0 Å². The van der Waals surface area contributed by atoms with Crippen molar-refractivity contribution < 1.29 is 4.74 Å². The van der Waals surface area contributed by atoms with Crippen LogP contribution in [0.4, 0.5) is 0 Å². The maximum atomic E-state index is 5.23. The molecule has 2 nitrogen and oxygen atoms in total. The van der Waals surface area contributed by atoms with Gasteiger partial charge < -0.3 is 4.74 Å². The zero-order valence-electron chi connectivity index (χ0n) is 7.81. The van der Waals surface area contributed by atoms with Crippen LogP contribution in [0, 0.1) is 5.41 Å². The molecule has 1 rings (SSSR count). The number of hydrogen-bond acceptors (Lipinski definition) is 2. The SMILES string of the molecule is CCC(C)(C)C1CCOCN1. The normalized spacial score (nSPS) is 27.0. The van der Waals surface area contributed by atoms with Crippen LogP contribution in [0.1, 0.15) is 33.6 Å². The fourth-order valence-corrected chi connectivity index (χ4v) is 1.45. The first-order valence-electron chi connectivity index (χ1n) is 4.48. The second-order valence-electron chi connectivity index (χ2n) is 3.94. The minimum Gasteiger partial charge on any atom is -0.366 e. The Morgan fingerprint density at radius 2 is 2.27 bits per heavy atom. The van der Waals surface area contributed by atoms with Gasteiger partial charge in [-0.25, -0.2) is 0 Å². The molecule has 0 aromatic heterocycles. The third kappa shape index (κ3) is 2.17. The van der Waals surface area contributed by atoms with E-state index in [4.69, 9.17) is 4.74 Å². The summed E-state index contributed by atoms with van der Waals surface area (Å²) in [5, 5.41) is 3.39. The van der Waals surface area contributed by atoms with Gasteiger partial charge in [0, 0.05) is 12.6 Å². The predicted octanol–water partition coefficient (Wildman–Crippen LogP) is 1.76. The number of nitrogens with one attached hydrogen (secondary N) is 1. The summed E-state index contributed by atoms with van der Waals surface area (Å²) >= 11 is 0. The average molecular weight is 157 g/mol. The lowest BCUT2D eigenvalue weighted by atomic mass is 9.80. The molecule has 66 valence electrons. The summed E-state index contributed by atoms with van der Waals surface area (Å²) in [6, 6.07) is 0.640. The van der Waals surface area contributed by atoms with Crippen molar-refractivity contribution in [3.8, 4) is 0 Å². The molecule has 0 aliphatic carbocycles. The molecule has 1 atom stereocenters. The van der Waals surface area contributed by atoms with E-state index >= 15 is 0 Å². The molecule has 1 unspecified atom stereocenters. The van der Waals surface area contributed by atoms with Crippen molar-refractivity contribution in [1.82, 2.24) is 5.32 Å². The third-order valence-electron chi connectivity index (χ3n) is 2.84. The lowest BCUT2D eigenvalue weighted by Gasteiger charge is -2.36. The maximum Gasteiger partial charge on any atom is 0.0967 e. The third-order valence-corrected chi connectivity index (χ3v) is 2.84. The van der Waals surface area contributed by atoms with Crippen molar-refractivity contribution in [3.05, 3.63) is 0 Å². The number of hydrogen-bond donors (Lipinski definition) is 1. The van der Waals surface area contributed by atoms with Gasteiger partial charge >= 0.3 is 0 Å². The standard InChI is InChI=1S/C9H19NO/c1-4-9(2,3)8-5-6-11-7-10-8/h8,10H,4-7H2,1-3H3. The van der Waals surface area contributed by atoms with Crippen LogP contribution in [0.2, 0.25) is 0 Å². The van der Waals surface area contributed by atoms with E-state index in [1.54, 1.807) is 0 Å². The summed E-state index contributed by atoms with van der Waals surface area (Å²) in [4.78, 5) is 0. The van der Waals surface area contributed by atoms with Crippen molar-refractivity contribution >= 4 is 0 Å². The van der Waals surface area contributed by atoms with E-state index in [9.17, 15) is 0 Å². The monoisotopic (exact) mass is 157 g/mol. The highest BCUT2D eigenvalue weighted by molar-refractivity contribution is 4.83. The highest BCUT2D eigenvalue weighted by Crippen LogP contribution is 2.27. The van der Waals surface area contributed by atoms with E-state index in [0.29, 0.717) is 11.5 Å². The van der Waals surface area contributed by atoms with Gasteiger partial charge in [-0.05, 0) is 18.3 Å². The second-order valence-corrected chi connectivity index (χ2v) is 3.94. The molecule has 1 N–H and O–H groups in total. The molecule has 2 heteroatoms. The van der Waals surface area contributed by atoms with Gasteiger partial charge in [0.15, 0.2) is 0 Å². The summed E-state index contributed by atoms with van der Waals surface area (Å²) < 4.78 is 5.23. The van der Waals surface area contributed by atoms with Crippen LogP contribution in [0.25, 0.3) is 0 Å². The van der Waals surface area contributed by atoms with Crippen LogP contribution in [0.5, 0.6) is 0 Å². The van der Waals surface area contributed by atoms with Crippen LogP contribution < -0.4 is 5.32 Å². The Kier molecular flexibility index (Phi) is 2.90. The van der Waals surface area contributed by atoms with Crippen LogP contribution in [-0.4, -0.2) is 19.4 Å². The summed E-state index contributed by atoms with van der Waals surface area (Å²) in [6.07, 6.45) is 2.38. The first-order valence-corrected chi connectivity index (χ1v) is 4.48. The highest BCUT2D eigenvalue weighted by Gasteiger charge is 2.28. The summed E-state index contributed by atoms with van der Waals surface area (Å²) in [6.45, 7) is 8.53. The van der Waals surface area contributed by atoms with E-state index in [-0.39, 0.29) is 0 Å². The molecule has 0 aromatic carbocycles. The molecule has 0 spiro atoms. The van der Waals surface area contributed by atoms with E-state index < -0.39 is 0 Å². The van der Waals surface area contributed by atoms with Gasteiger partial charge in [0.2, 0.25) is 0 Å². The molecule has 1 aliphatic heterocycles. The van der Waals surface area contributed by atoms with Gasteiger partial charge in [0.05, 0.1) is 6.73 Å². The van der Waals surface area contributed by atoms with Crippen molar-refractivity contribution in [3.63, 3.8) is 0 Å². The van der Waals surface area contributed by atoms with Crippen molar-refractivity contribution in [1.29, 1.82) is 0 Å². The van der Waals surface area contributed by atoms with Crippen LogP contribution in [0.3, 0.4) is 0 Å². The van der Waals surface area contributed by atoms with Gasteiger partial charge in [-0.15, -0.1) is 0 Å². The lowest BCUT2D eigenvalue weighted by Crippen LogP contribution is -2.46. The first kappa shape index (κ1) is 9.01. The zero-order valence-corrected chi connectivity index (χ0v) is 7.81. The smallest absolute Gasteiger partial charge is 0.0967 e. The molecule has 1 fully saturated rings. The van der Waals surface area contributed by atoms with Crippen molar-refractivity contribution in [2.24, 2.45) is 5.41 Å². The molecule has 1 heterocycles. The molecule has 0 radical (unpaired) electrons. The molecule has 1 saturated heterocycles. The predicted molar refractivity (Wildman–Crippen MR) is 46.4 cm³/mol. The Bertz CT molecular complexity index is 117. The Morgan fingerprint density at radius 3 is 2.73 bits per heavy atom. The molecular weight excluding hydrogens is 138 g/mol. The fourth-order valence-electron chi connectivity index (χ4n) is 1.45. The van der Waals surface area contributed by atoms with Crippen molar-refractivity contribution in [2.45, 2.75) is 39.7 Å². The van der Waals surface area contributed by atoms with Crippen LogP contribution >= 0.6 is 0 Å². The molecular formula is C9H19NO. The molecule has 1 aliphatic rings. The second kappa shape index (κ2) is 3.55. The minimum absolute atomic E-state index is 0.420. The lowest BCUT2D eigenvalue weighted by molar-refractivity contribution is 0.0270. The Morgan fingerprint density at radius 1 is 1.55 bits per heavy atom. The van der Waals surface area contributed by atoms with E-state index in [2.05, 4.69) is 26.1 Å². The average Bonchev–Trinajstić information content (AvgIpc) is 2.06. The minimum atomic E-state index is 0.420. The Balaban J connectivity index is 2.43. The van der Waals surface area contributed by atoms with Gasteiger partial charge in [0.1, 0.15) is 0 Å². The van der Waals surface area contributed by atoms with E-state index in [0.717, 1.165) is 19.8 Å². The van der Waals surface area contributed by atoms with Crippen LogP contribution in [0.15, 0.2) is 0 Å². The van der Waals surface area contributed by atoms with E-state index in [1.165, 1.54) is 6.42 Å². The molecule has 0 amide bonds. The van der Waals surface area contributed by atoms with Gasteiger partial charge in [-0.1, -0.05) is 20.8 Å². The number of ether oxygens (including phenoxy) is 1. The summed E-state index contributed by atoms with van der Waals surface area (Å²) in [5.74, 6) is 0. The van der Waals surface area contributed by atoms with Crippen LogP contribution in [-0.2, 0) is 4.74 Å². The molecule has 0 bridgehead atoms.